The van der Waals surface area contributed by atoms with Gasteiger partial charge in [0.25, 0.3) is 11.8 Å². The number of terminal acetylenes is 1. The van der Waals surface area contributed by atoms with Crippen LogP contribution >= 0.6 is 11.8 Å². The summed E-state index contributed by atoms with van der Waals surface area (Å²) in [6, 6.07) is 5.96. The van der Waals surface area contributed by atoms with Crippen molar-refractivity contribution >= 4 is 41.1 Å². The van der Waals surface area contributed by atoms with Crippen molar-refractivity contribution in [2.24, 2.45) is 5.16 Å². The van der Waals surface area contributed by atoms with Gasteiger partial charge in [0.2, 0.25) is 5.71 Å². The standard InChI is InChI=1S/C22H19N7O5S/c1-2-10-34-27-15(18-24-7-6-14(23)25-18)19(30)26-16-20(31)29-17(22(32)33)13(12-35-21(16)29)11-28-8-4-3-5-9-28/h1,3-9,16,21H,10-12H2,(H3-,23,24,25,26,30,32,33)/p+1/t16?,21-/m1/s1. The van der Waals surface area contributed by atoms with Gasteiger partial charge in [-0.05, 0) is 6.07 Å². The number of oxime groups is 1. The lowest BCUT2D eigenvalue weighted by Crippen LogP contribution is -2.71. The fourth-order valence-electron chi connectivity index (χ4n) is 3.58. The van der Waals surface area contributed by atoms with Crippen LogP contribution in [0, 0.1) is 12.3 Å². The molecule has 2 amide bonds. The van der Waals surface area contributed by atoms with E-state index in [-0.39, 0.29) is 29.7 Å². The van der Waals surface area contributed by atoms with Gasteiger partial charge in [0.05, 0.1) is 0 Å². The Morgan fingerprint density at radius 2 is 2.17 bits per heavy atom. The minimum Gasteiger partial charge on any atom is -0.477 e. The summed E-state index contributed by atoms with van der Waals surface area (Å²) >= 11 is 1.35. The first-order valence-corrected chi connectivity index (χ1v) is 11.3. The van der Waals surface area contributed by atoms with Gasteiger partial charge in [-0.3, -0.25) is 14.5 Å². The third-order valence-corrected chi connectivity index (χ3v) is 6.43. The monoisotopic (exact) mass is 494 g/mol. The number of carboxylic acids is 1. The van der Waals surface area contributed by atoms with Crippen LogP contribution in [0.15, 0.2) is 59.3 Å². The molecule has 0 bridgehead atoms. The first-order chi connectivity index (χ1) is 16.9. The van der Waals surface area contributed by atoms with Crippen molar-refractivity contribution in [3.05, 3.63) is 60.0 Å². The van der Waals surface area contributed by atoms with Crippen LogP contribution in [0.1, 0.15) is 5.82 Å². The second kappa shape index (κ2) is 10.2. The van der Waals surface area contributed by atoms with Gasteiger partial charge in [-0.25, -0.2) is 19.3 Å². The Labute approximate surface area is 203 Å². The number of nitrogens with one attached hydrogen (secondary N) is 1. The van der Waals surface area contributed by atoms with E-state index in [1.54, 1.807) is 0 Å². The van der Waals surface area contributed by atoms with E-state index in [0.717, 1.165) is 0 Å². The first kappa shape index (κ1) is 23.7. The molecule has 12 nitrogen and oxygen atoms in total. The summed E-state index contributed by atoms with van der Waals surface area (Å²) in [5, 5.41) is 15.5. The number of carbonyl (C=O) groups excluding carboxylic acids is 2. The molecule has 13 heteroatoms. The maximum atomic E-state index is 13.0. The number of nitrogen functional groups attached to an aromatic ring is 1. The van der Waals surface area contributed by atoms with Gasteiger partial charge in [-0.1, -0.05) is 17.1 Å². The molecule has 2 aliphatic heterocycles. The van der Waals surface area contributed by atoms with E-state index in [1.807, 2.05) is 35.2 Å². The number of anilines is 1. The molecule has 2 aliphatic rings. The number of hydrogen-bond donors (Lipinski definition) is 3. The van der Waals surface area contributed by atoms with Crippen LogP contribution in [0.5, 0.6) is 0 Å². The Kier molecular flexibility index (Phi) is 6.93. The minimum absolute atomic E-state index is 0.0778. The molecule has 2 atom stereocenters. The maximum Gasteiger partial charge on any atom is 0.352 e. The van der Waals surface area contributed by atoms with E-state index in [9.17, 15) is 19.5 Å². The molecule has 0 aliphatic carbocycles. The molecule has 4 N–H and O–H groups in total. The van der Waals surface area contributed by atoms with Gasteiger partial charge in [0.1, 0.15) is 22.9 Å². The molecule has 0 saturated carbocycles. The summed E-state index contributed by atoms with van der Waals surface area (Å²) in [7, 11) is 0. The Bertz CT molecular complexity index is 1270. The number of hydrogen-bond acceptors (Lipinski definition) is 9. The number of nitrogens with two attached hydrogens (primary N) is 1. The van der Waals surface area contributed by atoms with Crippen LogP contribution in [-0.2, 0) is 25.8 Å². The number of fused-ring (bicyclic) bond motifs is 1. The highest BCUT2D eigenvalue weighted by Gasteiger charge is 2.54. The van der Waals surface area contributed by atoms with Gasteiger partial charge in [0.15, 0.2) is 31.4 Å². The molecule has 4 heterocycles. The minimum atomic E-state index is -1.21. The molecule has 1 saturated heterocycles. The van der Waals surface area contributed by atoms with Crippen molar-refractivity contribution < 1.29 is 28.9 Å². The summed E-state index contributed by atoms with van der Waals surface area (Å²) in [6.07, 6.45) is 10.1. The zero-order chi connectivity index (χ0) is 24.9. The maximum absolute atomic E-state index is 13.0. The SMILES string of the molecule is C#CCON=C(C(=O)NC1C(=O)N2C(C(=O)O)=C(C[n+]3ccccc3)CS[C@H]12)c1nccc(N)n1. The number of aromatic nitrogens is 3. The molecule has 1 unspecified atom stereocenters. The fraction of sp³-hybridized carbons (Fsp3) is 0.227. The number of amides is 2. The molecule has 35 heavy (non-hydrogen) atoms. The molecule has 2 aromatic rings. The second-order valence-electron chi connectivity index (χ2n) is 7.39. The van der Waals surface area contributed by atoms with E-state index >= 15 is 0 Å². The summed E-state index contributed by atoms with van der Waals surface area (Å²) in [4.78, 5) is 52.1. The third kappa shape index (κ3) is 4.92. The van der Waals surface area contributed by atoms with E-state index in [4.69, 9.17) is 17.0 Å². The van der Waals surface area contributed by atoms with Crippen LogP contribution in [0.4, 0.5) is 5.82 Å². The summed E-state index contributed by atoms with van der Waals surface area (Å²) in [6.45, 7) is 0.113. The number of β-lactam (4-membered cyclic amide) rings is 1. The highest BCUT2D eigenvalue weighted by Crippen LogP contribution is 2.40. The van der Waals surface area contributed by atoms with Crippen LogP contribution in [0.3, 0.4) is 0 Å². The van der Waals surface area contributed by atoms with Crippen LogP contribution < -0.4 is 15.6 Å². The number of thioether (sulfide) groups is 1. The zero-order valence-electron chi connectivity index (χ0n) is 18.2. The second-order valence-corrected chi connectivity index (χ2v) is 8.49. The number of rotatable bonds is 8. The van der Waals surface area contributed by atoms with Crippen molar-refractivity contribution in [1.82, 2.24) is 20.2 Å². The quantitative estimate of drug-likeness (QED) is 0.106. The van der Waals surface area contributed by atoms with E-state index in [2.05, 4.69) is 26.4 Å². The van der Waals surface area contributed by atoms with Crippen molar-refractivity contribution in [3.63, 3.8) is 0 Å². The Hall–Kier alpha value is -4.44. The molecule has 1 fully saturated rings. The number of nitrogens with zero attached hydrogens (tertiary/aromatic N) is 5. The van der Waals surface area contributed by atoms with E-state index < -0.39 is 29.2 Å². The van der Waals surface area contributed by atoms with Crippen LogP contribution in [-0.4, -0.2) is 67.2 Å². The predicted molar refractivity (Wildman–Crippen MR) is 124 cm³/mol. The molecular formula is C22H20N7O5S+. The summed E-state index contributed by atoms with van der Waals surface area (Å²) < 4.78 is 1.83. The predicted octanol–water partition coefficient (Wildman–Crippen LogP) is -0.861. The Balaban J connectivity index is 1.54. The first-order valence-electron chi connectivity index (χ1n) is 10.3. The summed E-state index contributed by atoms with van der Waals surface area (Å²) in [5.41, 5.74) is 5.86. The molecule has 0 spiro atoms. The van der Waals surface area contributed by atoms with Crippen molar-refractivity contribution in [3.8, 4) is 12.3 Å². The van der Waals surface area contributed by atoms with Crippen molar-refractivity contribution in [1.29, 1.82) is 0 Å². The summed E-state index contributed by atoms with van der Waals surface area (Å²) in [5.74, 6) is 0.00787. The Morgan fingerprint density at radius 1 is 1.40 bits per heavy atom. The van der Waals surface area contributed by atoms with Crippen LogP contribution in [0.25, 0.3) is 0 Å². The van der Waals surface area contributed by atoms with Gasteiger partial charge < -0.3 is 21.0 Å². The van der Waals surface area contributed by atoms with Gasteiger partial charge in [-0.2, -0.15) is 0 Å². The zero-order valence-corrected chi connectivity index (χ0v) is 19.0. The van der Waals surface area contributed by atoms with Gasteiger partial charge in [-0.15, -0.1) is 18.2 Å². The van der Waals surface area contributed by atoms with Crippen LogP contribution in [0.2, 0.25) is 0 Å². The normalized spacial score (nSPS) is 19.3. The highest BCUT2D eigenvalue weighted by molar-refractivity contribution is 8.00. The molecule has 0 radical (unpaired) electrons. The third-order valence-electron chi connectivity index (χ3n) is 5.09. The lowest BCUT2D eigenvalue weighted by molar-refractivity contribution is -0.689. The largest absolute Gasteiger partial charge is 0.477 e. The molecule has 4 rings (SSSR count). The molecule has 2 aromatic heterocycles. The molecule has 0 aromatic carbocycles. The lowest BCUT2D eigenvalue weighted by Gasteiger charge is -2.49. The molecule has 178 valence electrons. The topological polar surface area (TPSA) is 164 Å². The lowest BCUT2D eigenvalue weighted by atomic mass is 10.0. The van der Waals surface area contributed by atoms with E-state index in [1.165, 1.54) is 28.9 Å². The van der Waals surface area contributed by atoms with Crippen molar-refractivity contribution in [2.45, 2.75) is 18.0 Å². The average Bonchev–Trinajstić information content (AvgIpc) is 2.85. The van der Waals surface area contributed by atoms with Gasteiger partial charge >= 0.3 is 5.97 Å². The average molecular weight is 495 g/mol. The smallest absolute Gasteiger partial charge is 0.352 e. The number of carboxylic acid groups (broad SMARTS) is 1. The molecular weight excluding hydrogens is 474 g/mol. The van der Waals surface area contributed by atoms with Gasteiger partial charge in [0, 0.05) is 29.7 Å². The fourth-order valence-corrected chi connectivity index (χ4v) is 4.91. The van der Waals surface area contributed by atoms with E-state index in [0.29, 0.717) is 17.9 Å². The highest BCUT2D eigenvalue weighted by atomic mass is 32.2. The Morgan fingerprint density at radius 3 is 2.86 bits per heavy atom. The number of aliphatic carboxylic acids is 1. The number of pyridine rings is 1. The van der Waals surface area contributed by atoms with Crippen molar-refractivity contribution in [2.75, 3.05) is 18.1 Å². The number of carbonyl (C=O) groups is 3.